The van der Waals surface area contributed by atoms with E-state index in [1.54, 1.807) is 17.2 Å². The normalized spacial score (nSPS) is 14.4. The van der Waals surface area contributed by atoms with E-state index in [2.05, 4.69) is 10.1 Å². The molecule has 1 aliphatic rings. The quantitative estimate of drug-likeness (QED) is 0.862. The first-order chi connectivity index (χ1) is 10.2. The van der Waals surface area contributed by atoms with Crippen LogP contribution in [0.3, 0.4) is 0 Å². The Morgan fingerprint density at radius 3 is 2.90 bits per heavy atom. The van der Waals surface area contributed by atoms with Gasteiger partial charge in [-0.2, -0.15) is 0 Å². The van der Waals surface area contributed by atoms with Crippen molar-refractivity contribution in [3.8, 4) is 5.75 Å². The third-order valence-electron chi connectivity index (χ3n) is 3.44. The van der Waals surface area contributed by atoms with Crippen molar-refractivity contribution < 1.29 is 14.1 Å². The molecule has 0 atom stereocenters. The van der Waals surface area contributed by atoms with E-state index in [1.165, 1.54) is 0 Å². The minimum Gasteiger partial charge on any atom is -0.484 e. The predicted octanol–water partition coefficient (Wildman–Crippen LogP) is 2.19. The first-order valence-electron chi connectivity index (χ1n) is 7.03. The number of pyridine rings is 1. The Bertz CT molecular complexity index is 615. The van der Waals surface area contributed by atoms with Crippen molar-refractivity contribution >= 4 is 5.91 Å². The molecular weight excluding hydrogens is 270 g/mol. The second-order valence-corrected chi connectivity index (χ2v) is 5.10. The van der Waals surface area contributed by atoms with E-state index in [0.29, 0.717) is 17.2 Å². The van der Waals surface area contributed by atoms with Crippen LogP contribution in [0.5, 0.6) is 5.75 Å². The minimum atomic E-state index is -0.0699. The molecule has 0 unspecified atom stereocenters. The summed E-state index contributed by atoms with van der Waals surface area (Å²) in [4.78, 5) is 18.1. The number of rotatable bonds is 4. The molecule has 0 saturated carbocycles. The van der Waals surface area contributed by atoms with E-state index in [1.807, 2.05) is 19.1 Å². The van der Waals surface area contributed by atoms with Crippen molar-refractivity contribution in [3.05, 3.63) is 41.5 Å². The number of hydrogen-bond donors (Lipinski definition) is 0. The van der Waals surface area contributed by atoms with Gasteiger partial charge in [-0.15, -0.1) is 0 Å². The van der Waals surface area contributed by atoms with Crippen LogP contribution >= 0.6 is 0 Å². The molecule has 6 nitrogen and oxygen atoms in total. The molecule has 110 valence electrons. The fourth-order valence-electron chi connectivity index (χ4n) is 2.26. The predicted molar refractivity (Wildman–Crippen MR) is 74.9 cm³/mol. The second kappa shape index (κ2) is 5.95. The van der Waals surface area contributed by atoms with E-state index in [-0.39, 0.29) is 12.5 Å². The number of ether oxygens (including phenoxy) is 1. The molecule has 0 N–H and O–H groups in total. The number of nitrogens with zero attached hydrogens (tertiary/aromatic N) is 3. The third kappa shape index (κ3) is 3.21. The number of aromatic nitrogens is 2. The lowest BCUT2D eigenvalue weighted by molar-refractivity contribution is 0.0782. The number of amides is 1. The summed E-state index contributed by atoms with van der Waals surface area (Å²) in [7, 11) is 0. The zero-order chi connectivity index (χ0) is 14.7. The monoisotopic (exact) mass is 287 g/mol. The van der Waals surface area contributed by atoms with E-state index < -0.39 is 0 Å². The molecule has 2 aromatic rings. The highest BCUT2D eigenvalue weighted by Gasteiger charge is 2.22. The van der Waals surface area contributed by atoms with Crippen LogP contribution in [0.25, 0.3) is 0 Å². The first kappa shape index (κ1) is 13.6. The molecule has 21 heavy (non-hydrogen) atoms. The van der Waals surface area contributed by atoms with Gasteiger partial charge in [0.15, 0.2) is 11.5 Å². The molecule has 1 amide bonds. The fourth-order valence-corrected chi connectivity index (χ4v) is 2.26. The van der Waals surface area contributed by atoms with Gasteiger partial charge in [-0.25, -0.2) is 0 Å². The van der Waals surface area contributed by atoms with Gasteiger partial charge in [-0.05, 0) is 31.9 Å². The van der Waals surface area contributed by atoms with Gasteiger partial charge in [0.2, 0.25) is 0 Å². The summed E-state index contributed by atoms with van der Waals surface area (Å²) in [5.41, 5.74) is 1.28. The Morgan fingerprint density at radius 2 is 2.19 bits per heavy atom. The lowest BCUT2D eigenvalue weighted by atomic mass is 10.3. The van der Waals surface area contributed by atoms with Crippen LogP contribution in [-0.2, 0) is 6.61 Å². The van der Waals surface area contributed by atoms with Gasteiger partial charge in [0.05, 0.1) is 6.20 Å². The van der Waals surface area contributed by atoms with Crippen LogP contribution in [0.4, 0.5) is 0 Å². The number of hydrogen-bond acceptors (Lipinski definition) is 5. The van der Waals surface area contributed by atoms with Crippen molar-refractivity contribution in [2.45, 2.75) is 26.4 Å². The molecule has 6 heteroatoms. The molecule has 3 heterocycles. The van der Waals surface area contributed by atoms with Crippen molar-refractivity contribution in [2.24, 2.45) is 0 Å². The summed E-state index contributed by atoms with van der Waals surface area (Å²) >= 11 is 0. The van der Waals surface area contributed by atoms with Crippen LogP contribution in [-0.4, -0.2) is 34.0 Å². The number of aryl methyl sites for hydroxylation is 1. The van der Waals surface area contributed by atoms with Crippen molar-refractivity contribution in [1.29, 1.82) is 0 Å². The van der Waals surface area contributed by atoms with Gasteiger partial charge < -0.3 is 14.2 Å². The van der Waals surface area contributed by atoms with E-state index >= 15 is 0 Å². The molecule has 1 saturated heterocycles. The molecule has 0 bridgehead atoms. The van der Waals surface area contributed by atoms with Gasteiger partial charge >= 0.3 is 0 Å². The minimum absolute atomic E-state index is 0.0699. The second-order valence-electron chi connectivity index (χ2n) is 5.10. The van der Waals surface area contributed by atoms with Gasteiger partial charge in [0.25, 0.3) is 5.91 Å². The highest BCUT2D eigenvalue weighted by molar-refractivity contribution is 5.92. The Hall–Kier alpha value is -2.37. The summed E-state index contributed by atoms with van der Waals surface area (Å²) in [6, 6.07) is 5.36. The average molecular weight is 287 g/mol. The smallest absolute Gasteiger partial charge is 0.276 e. The largest absolute Gasteiger partial charge is 0.484 e. The summed E-state index contributed by atoms with van der Waals surface area (Å²) in [5.74, 6) is 1.11. The zero-order valence-electron chi connectivity index (χ0n) is 11.9. The van der Waals surface area contributed by atoms with Gasteiger partial charge in [-0.3, -0.25) is 9.78 Å². The highest BCUT2D eigenvalue weighted by Crippen LogP contribution is 2.15. The van der Waals surface area contributed by atoms with Crippen LogP contribution < -0.4 is 4.74 Å². The lowest BCUT2D eigenvalue weighted by Gasteiger charge is -2.12. The molecule has 3 rings (SSSR count). The van der Waals surface area contributed by atoms with Crippen molar-refractivity contribution in [2.75, 3.05) is 13.1 Å². The molecule has 0 aromatic carbocycles. The highest BCUT2D eigenvalue weighted by atomic mass is 16.5. The first-order valence-corrected chi connectivity index (χ1v) is 7.03. The number of carbonyl (C=O) groups excluding carboxylic acids is 1. The number of carbonyl (C=O) groups is 1. The maximum Gasteiger partial charge on any atom is 0.276 e. The van der Waals surface area contributed by atoms with E-state index in [4.69, 9.17) is 9.26 Å². The van der Waals surface area contributed by atoms with Gasteiger partial charge in [0.1, 0.15) is 12.4 Å². The maximum absolute atomic E-state index is 12.1. The van der Waals surface area contributed by atoms with Crippen molar-refractivity contribution in [3.63, 3.8) is 0 Å². The SMILES string of the molecule is Cc1ccc(OCc2cc(C(=O)N3CCCC3)no2)cn1. The molecular formula is C15H17N3O3. The molecule has 0 radical (unpaired) electrons. The van der Waals surface area contributed by atoms with Crippen LogP contribution in [0, 0.1) is 6.92 Å². The third-order valence-corrected chi connectivity index (χ3v) is 3.44. The molecule has 1 fully saturated rings. The fraction of sp³-hybridized carbons (Fsp3) is 0.400. The number of likely N-dealkylation sites (tertiary alicyclic amines) is 1. The summed E-state index contributed by atoms with van der Waals surface area (Å²) in [5, 5.41) is 3.83. The van der Waals surface area contributed by atoms with E-state index in [9.17, 15) is 4.79 Å². The molecule has 0 spiro atoms. The average Bonchev–Trinajstić information content (AvgIpc) is 3.18. The van der Waals surface area contributed by atoms with Crippen LogP contribution in [0.15, 0.2) is 28.9 Å². The topological polar surface area (TPSA) is 68.5 Å². The Kier molecular flexibility index (Phi) is 3.85. The molecule has 1 aliphatic heterocycles. The lowest BCUT2D eigenvalue weighted by Crippen LogP contribution is -2.27. The Morgan fingerprint density at radius 1 is 1.38 bits per heavy atom. The molecule has 2 aromatic heterocycles. The van der Waals surface area contributed by atoms with Gasteiger partial charge in [-0.1, -0.05) is 5.16 Å². The maximum atomic E-state index is 12.1. The van der Waals surface area contributed by atoms with Crippen LogP contribution in [0.1, 0.15) is 34.8 Å². The Balaban J connectivity index is 1.59. The van der Waals surface area contributed by atoms with Crippen LogP contribution in [0.2, 0.25) is 0 Å². The summed E-state index contributed by atoms with van der Waals surface area (Å²) < 4.78 is 10.7. The molecule has 0 aliphatic carbocycles. The van der Waals surface area contributed by atoms with Gasteiger partial charge in [0, 0.05) is 24.8 Å². The summed E-state index contributed by atoms with van der Waals surface area (Å²) in [6.07, 6.45) is 3.77. The Labute approximate surface area is 122 Å². The van der Waals surface area contributed by atoms with E-state index in [0.717, 1.165) is 31.6 Å². The zero-order valence-corrected chi connectivity index (χ0v) is 11.9. The van der Waals surface area contributed by atoms with Crippen molar-refractivity contribution in [1.82, 2.24) is 15.0 Å². The summed E-state index contributed by atoms with van der Waals surface area (Å²) in [6.45, 7) is 3.74. The standard InChI is InChI=1S/C15H17N3O3/c1-11-4-5-12(9-16-11)20-10-13-8-14(17-21-13)15(19)18-6-2-3-7-18/h4-5,8-9H,2-3,6-7,10H2,1H3.